The van der Waals surface area contributed by atoms with Gasteiger partial charge in [-0.15, -0.1) is 11.3 Å². The Morgan fingerprint density at radius 3 is 2.72 bits per heavy atom. The van der Waals surface area contributed by atoms with Crippen molar-refractivity contribution in [1.82, 2.24) is 4.90 Å². The van der Waals surface area contributed by atoms with Gasteiger partial charge in [-0.1, -0.05) is 24.6 Å². The molecule has 0 aliphatic carbocycles. The van der Waals surface area contributed by atoms with E-state index in [-0.39, 0.29) is 5.91 Å². The molecule has 0 saturated heterocycles. The number of anilines is 1. The van der Waals surface area contributed by atoms with E-state index < -0.39 is 5.91 Å². The minimum Gasteiger partial charge on any atom is -0.365 e. The van der Waals surface area contributed by atoms with Gasteiger partial charge >= 0.3 is 0 Å². The number of carbonyl (C=O) groups is 2. The lowest BCUT2D eigenvalue weighted by Crippen LogP contribution is -2.30. The van der Waals surface area contributed by atoms with Crippen molar-refractivity contribution in [2.75, 3.05) is 18.4 Å². The largest absolute Gasteiger partial charge is 0.365 e. The van der Waals surface area contributed by atoms with Crippen molar-refractivity contribution in [3.8, 4) is 0 Å². The molecule has 0 radical (unpaired) electrons. The second-order valence-electron chi connectivity index (χ2n) is 6.46. The van der Waals surface area contributed by atoms with Crippen LogP contribution in [0.4, 0.5) is 5.00 Å². The predicted molar refractivity (Wildman–Crippen MR) is 101 cm³/mol. The van der Waals surface area contributed by atoms with Crippen molar-refractivity contribution >= 4 is 28.2 Å². The fourth-order valence-corrected chi connectivity index (χ4v) is 4.60. The summed E-state index contributed by atoms with van der Waals surface area (Å²) in [6.07, 6.45) is 0.789. The van der Waals surface area contributed by atoms with Gasteiger partial charge in [0.25, 0.3) is 11.8 Å². The molecule has 5 nitrogen and oxygen atoms in total. The van der Waals surface area contributed by atoms with Gasteiger partial charge in [-0.05, 0) is 44.0 Å². The Bertz CT molecular complexity index is 841. The number of hydrogen-bond acceptors (Lipinski definition) is 4. The van der Waals surface area contributed by atoms with E-state index in [1.54, 1.807) is 0 Å². The van der Waals surface area contributed by atoms with Gasteiger partial charge in [0, 0.05) is 23.5 Å². The number of hydrogen-bond donors (Lipinski definition) is 2. The van der Waals surface area contributed by atoms with Crippen LogP contribution in [-0.4, -0.2) is 29.8 Å². The summed E-state index contributed by atoms with van der Waals surface area (Å²) in [6.45, 7) is 8.70. The van der Waals surface area contributed by atoms with Gasteiger partial charge in [0.05, 0.1) is 5.56 Å². The van der Waals surface area contributed by atoms with Gasteiger partial charge < -0.3 is 11.1 Å². The fraction of sp³-hybridized carbons (Fsp3) is 0.368. The van der Waals surface area contributed by atoms with Crippen molar-refractivity contribution in [2.24, 2.45) is 5.73 Å². The minimum atomic E-state index is -0.474. The van der Waals surface area contributed by atoms with Crippen LogP contribution in [0.1, 0.15) is 49.2 Å². The molecule has 2 aromatic rings. The molecule has 3 rings (SSSR count). The Hall–Kier alpha value is -2.18. The fourth-order valence-electron chi connectivity index (χ4n) is 3.31. The standard InChI is InChI=1S/C19H23N3O2S/c1-4-22-8-7-14-15(10-22)25-19(16(14)17(20)23)21-18(24)13-6-5-11(2)9-12(13)3/h5-6,9H,4,7-8,10H2,1-3H3,(H2,20,23)(H,21,24). The summed E-state index contributed by atoms with van der Waals surface area (Å²) in [5.41, 5.74) is 9.73. The number of nitrogens with zero attached hydrogens (tertiary/aromatic N) is 1. The molecule has 132 valence electrons. The van der Waals surface area contributed by atoms with Crippen LogP contribution in [0.15, 0.2) is 18.2 Å². The zero-order valence-electron chi connectivity index (χ0n) is 14.8. The first-order valence-corrected chi connectivity index (χ1v) is 9.27. The van der Waals surface area contributed by atoms with Crippen LogP contribution in [0.2, 0.25) is 0 Å². The number of aryl methyl sites for hydroxylation is 2. The molecule has 0 unspecified atom stereocenters. The molecule has 3 N–H and O–H groups in total. The summed E-state index contributed by atoms with van der Waals surface area (Å²) in [5, 5.41) is 3.49. The van der Waals surface area contributed by atoms with E-state index in [4.69, 9.17) is 5.73 Å². The second-order valence-corrected chi connectivity index (χ2v) is 7.57. The van der Waals surface area contributed by atoms with Gasteiger partial charge in [0.1, 0.15) is 5.00 Å². The number of likely N-dealkylation sites (N-methyl/N-ethyl adjacent to an activating group) is 1. The Labute approximate surface area is 151 Å². The lowest BCUT2D eigenvalue weighted by atomic mass is 10.0. The molecule has 2 amide bonds. The van der Waals surface area contributed by atoms with Gasteiger partial charge in [-0.25, -0.2) is 0 Å². The van der Waals surface area contributed by atoms with Gasteiger partial charge in [-0.3, -0.25) is 14.5 Å². The first-order chi connectivity index (χ1) is 11.9. The van der Waals surface area contributed by atoms with Crippen LogP contribution in [-0.2, 0) is 13.0 Å². The van der Waals surface area contributed by atoms with E-state index in [0.29, 0.717) is 16.1 Å². The number of nitrogens with one attached hydrogen (secondary N) is 1. The first-order valence-electron chi connectivity index (χ1n) is 8.46. The molecule has 0 spiro atoms. The number of fused-ring (bicyclic) bond motifs is 1. The normalized spacial score (nSPS) is 14.2. The summed E-state index contributed by atoms with van der Waals surface area (Å²) in [7, 11) is 0. The number of rotatable bonds is 4. The van der Waals surface area contributed by atoms with Crippen molar-refractivity contribution in [3.05, 3.63) is 50.9 Å². The van der Waals surface area contributed by atoms with Crippen LogP contribution in [0.3, 0.4) is 0 Å². The number of benzene rings is 1. The molecule has 1 aromatic carbocycles. The van der Waals surface area contributed by atoms with Gasteiger partial charge in [0.2, 0.25) is 0 Å². The third kappa shape index (κ3) is 3.45. The molecule has 1 aromatic heterocycles. The molecular weight excluding hydrogens is 334 g/mol. The maximum absolute atomic E-state index is 12.7. The molecule has 2 heterocycles. The van der Waals surface area contributed by atoms with E-state index in [0.717, 1.165) is 47.6 Å². The summed E-state index contributed by atoms with van der Waals surface area (Å²) in [4.78, 5) is 28.1. The lowest BCUT2D eigenvalue weighted by molar-refractivity contribution is 0.1000. The number of carbonyl (C=O) groups excluding carboxylic acids is 2. The average molecular weight is 357 g/mol. The summed E-state index contributed by atoms with van der Waals surface area (Å²) < 4.78 is 0. The Balaban J connectivity index is 1.93. The molecule has 0 saturated carbocycles. The molecule has 6 heteroatoms. The monoisotopic (exact) mass is 357 g/mol. The number of nitrogens with two attached hydrogens (primary N) is 1. The first kappa shape index (κ1) is 17.6. The Morgan fingerprint density at radius 1 is 1.32 bits per heavy atom. The van der Waals surface area contributed by atoms with E-state index in [2.05, 4.69) is 17.1 Å². The van der Waals surface area contributed by atoms with E-state index in [9.17, 15) is 9.59 Å². The Kier molecular flexibility index (Phi) is 4.92. The number of thiophene rings is 1. The third-order valence-electron chi connectivity index (χ3n) is 4.68. The quantitative estimate of drug-likeness (QED) is 0.883. The summed E-state index contributed by atoms with van der Waals surface area (Å²) in [5.74, 6) is -0.677. The van der Waals surface area contributed by atoms with Gasteiger partial charge in [0.15, 0.2) is 0 Å². The van der Waals surface area contributed by atoms with E-state index in [1.807, 2.05) is 32.0 Å². The number of amides is 2. The molecule has 0 fully saturated rings. The highest BCUT2D eigenvalue weighted by Gasteiger charge is 2.27. The van der Waals surface area contributed by atoms with Crippen LogP contribution in [0.5, 0.6) is 0 Å². The molecule has 1 aliphatic rings. The minimum absolute atomic E-state index is 0.203. The van der Waals surface area contributed by atoms with Crippen LogP contribution in [0, 0.1) is 13.8 Å². The van der Waals surface area contributed by atoms with Crippen molar-refractivity contribution in [2.45, 2.75) is 33.7 Å². The summed E-state index contributed by atoms with van der Waals surface area (Å²) in [6, 6.07) is 5.70. The molecular formula is C19H23N3O2S. The average Bonchev–Trinajstić information content (AvgIpc) is 2.91. The topological polar surface area (TPSA) is 75.4 Å². The maximum atomic E-state index is 12.7. The SMILES string of the molecule is CCN1CCc2c(sc(NC(=O)c3ccc(C)cc3C)c2C(N)=O)C1. The van der Waals surface area contributed by atoms with Crippen molar-refractivity contribution in [1.29, 1.82) is 0 Å². The second kappa shape index (κ2) is 6.98. The van der Waals surface area contributed by atoms with Gasteiger partial charge in [-0.2, -0.15) is 0 Å². The van der Waals surface area contributed by atoms with Crippen LogP contribution in [0.25, 0.3) is 0 Å². The third-order valence-corrected chi connectivity index (χ3v) is 5.82. The molecule has 0 bridgehead atoms. The van der Waals surface area contributed by atoms with Crippen LogP contribution < -0.4 is 11.1 Å². The zero-order valence-corrected chi connectivity index (χ0v) is 15.6. The molecule has 1 aliphatic heterocycles. The highest BCUT2D eigenvalue weighted by Crippen LogP contribution is 2.37. The van der Waals surface area contributed by atoms with Crippen LogP contribution >= 0.6 is 11.3 Å². The van der Waals surface area contributed by atoms with Crippen molar-refractivity contribution < 1.29 is 9.59 Å². The Morgan fingerprint density at radius 2 is 2.08 bits per heavy atom. The van der Waals surface area contributed by atoms with E-state index >= 15 is 0 Å². The highest BCUT2D eigenvalue weighted by molar-refractivity contribution is 7.17. The number of primary amides is 1. The summed E-state index contributed by atoms with van der Waals surface area (Å²) >= 11 is 1.47. The molecule has 0 atom stereocenters. The zero-order chi connectivity index (χ0) is 18.1. The molecule has 25 heavy (non-hydrogen) atoms. The highest BCUT2D eigenvalue weighted by atomic mass is 32.1. The van der Waals surface area contributed by atoms with Crippen molar-refractivity contribution in [3.63, 3.8) is 0 Å². The lowest BCUT2D eigenvalue weighted by Gasteiger charge is -2.25. The smallest absolute Gasteiger partial charge is 0.256 e. The van der Waals surface area contributed by atoms with E-state index in [1.165, 1.54) is 11.3 Å². The predicted octanol–water partition coefficient (Wildman–Crippen LogP) is 3.09. The maximum Gasteiger partial charge on any atom is 0.256 e.